The molecule has 6 heteroatoms. The predicted molar refractivity (Wildman–Crippen MR) is 85.4 cm³/mol. The van der Waals surface area contributed by atoms with Gasteiger partial charge in [0, 0.05) is 20.0 Å². The molecule has 118 valence electrons. The minimum atomic E-state index is -0.554. The Morgan fingerprint density at radius 2 is 1.90 bits per heavy atom. The quantitative estimate of drug-likeness (QED) is 0.544. The summed E-state index contributed by atoms with van der Waals surface area (Å²) in [5, 5.41) is 0.718. The summed E-state index contributed by atoms with van der Waals surface area (Å²) < 4.78 is 4.71. The third kappa shape index (κ3) is 4.27. The number of anilines is 1. The molecule has 1 rings (SSSR count). The summed E-state index contributed by atoms with van der Waals surface area (Å²) in [7, 11) is 1.30. The van der Waals surface area contributed by atoms with Gasteiger partial charge in [0.2, 0.25) is 0 Å². The highest BCUT2D eigenvalue weighted by Crippen LogP contribution is 2.28. The Bertz CT molecular complexity index is 495. The lowest BCUT2D eigenvalue weighted by Crippen LogP contribution is -2.28. The fourth-order valence-electron chi connectivity index (χ4n) is 2.12. The Hall–Kier alpha value is -1.43. The first kappa shape index (κ1) is 17.6. The van der Waals surface area contributed by atoms with Crippen LogP contribution in [0.25, 0.3) is 0 Å². The maximum absolute atomic E-state index is 11.7. The largest absolute Gasteiger partial charge is 0.464 e. The van der Waals surface area contributed by atoms with Crippen LogP contribution in [0.15, 0.2) is 0 Å². The van der Waals surface area contributed by atoms with E-state index in [4.69, 9.17) is 4.74 Å². The van der Waals surface area contributed by atoms with Crippen LogP contribution in [-0.2, 0) is 4.74 Å². The van der Waals surface area contributed by atoms with E-state index in [1.165, 1.54) is 25.4 Å². The molecule has 0 bridgehead atoms. The van der Waals surface area contributed by atoms with E-state index in [0.29, 0.717) is 10.8 Å². The number of Topliss-reactive ketones (excluding diaryl/α,β-unsaturated/α-hetero) is 1. The first-order chi connectivity index (χ1) is 9.98. The summed E-state index contributed by atoms with van der Waals surface area (Å²) in [4.78, 5) is 30.3. The van der Waals surface area contributed by atoms with Gasteiger partial charge in [-0.3, -0.25) is 4.79 Å². The Morgan fingerprint density at radius 3 is 2.33 bits per heavy atom. The van der Waals surface area contributed by atoms with Crippen molar-refractivity contribution in [3.05, 3.63) is 10.6 Å². The molecular formula is C15H24N2O3S. The number of hydrogen-bond donors (Lipinski definition) is 0. The van der Waals surface area contributed by atoms with Gasteiger partial charge in [0.1, 0.15) is 4.88 Å². The second kappa shape index (κ2) is 8.12. The van der Waals surface area contributed by atoms with Crippen molar-refractivity contribution in [2.24, 2.45) is 5.92 Å². The molecule has 0 radical (unpaired) electrons. The van der Waals surface area contributed by atoms with E-state index in [9.17, 15) is 9.59 Å². The molecule has 5 nitrogen and oxygen atoms in total. The molecule has 1 aromatic rings. The van der Waals surface area contributed by atoms with Gasteiger partial charge in [-0.25, -0.2) is 9.78 Å². The normalized spacial score (nSPS) is 10.8. The lowest BCUT2D eigenvalue weighted by molar-refractivity contribution is 0.0591. The Labute approximate surface area is 130 Å². The highest BCUT2D eigenvalue weighted by Gasteiger charge is 2.24. The van der Waals surface area contributed by atoms with E-state index in [1.807, 2.05) is 0 Å². The van der Waals surface area contributed by atoms with Gasteiger partial charge in [-0.05, 0) is 12.8 Å². The summed E-state index contributed by atoms with van der Waals surface area (Å²) >= 11 is 1.27. The lowest BCUT2D eigenvalue weighted by atomic mass is 10.0. The molecule has 0 saturated heterocycles. The summed E-state index contributed by atoms with van der Waals surface area (Å²) in [5.74, 6) is -0.129. The molecule has 0 aliphatic heterocycles. The second-order valence-electron chi connectivity index (χ2n) is 4.94. The first-order valence-corrected chi connectivity index (χ1v) is 8.14. The molecule has 0 unspecified atom stereocenters. The van der Waals surface area contributed by atoms with Crippen molar-refractivity contribution in [1.29, 1.82) is 0 Å². The van der Waals surface area contributed by atoms with Crippen molar-refractivity contribution in [1.82, 2.24) is 4.98 Å². The minimum Gasteiger partial charge on any atom is -0.464 e. The van der Waals surface area contributed by atoms with Gasteiger partial charge in [0.15, 0.2) is 16.6 Å². The maximum atomic E-state index is 11.7. The molecule has 0 aromatic carbocycles. The van der Waals surface area contributed by atoms with E-state index < -0.39 is 5.97 Å². The van der Waals surface area contributed by atoms with Gasteiger partial charge in [0.25, 0.3) is 0 Å². The third-order valence-corrected chi connectivity index (χ3v) is 4.82. The molecule has 0 N–H and O–H groups in total. The van der Waals surface area contributed by atoms with Crippen LogP contribution in [0, 0.1) is 5.92 Å². The van der Waals surface area contributed by atoms with E-state index in [1.54, 1.807) is 0 Å². The number of esters is 1. The summed E-state index contributed by atoms with van der Waals surface area (Å²) in [6.07, 6.45) is 2.20. The van der Waals surface area contributed by atoms with Crippen molar-refractivity contribution in [3.8, 4) is 0 Å². The Balaban J connectivity index is 3.10. The molecule has 0 aliphatic rings. The van der Waals surface area contributed by atoms with E-state index in [0.717, 1.165) is 31.1 Å². The molecule has 1 heterocycles. The molecule has 0 saturated carbocycles. The van der Waals surface area contributed by atoms with Gasteiger partial charge in [-0.15, -0.1) is 0 Å². The number of methoxy groups -OCH3 is 1. The predicted octanol–water partition coefficient (Wildman–Crippen LogP) is 3.39. The monoisotopic (exact) mass is 312 g/mol. The van der Waals surface area contributed by atoms with Crippen molar-refractivity contribution in [2.45, 2.75) is 40.5 Å². The zero-order chi connectivity index (χ0) is 16.0. The molecule has 0 fully saturated rings. The van der Waals surface area contributed by atoms with Crippen LogP contribution >= 0.6 is 11.3 Å². The number of carbonyl (C=O) groups excluding carboxylic acids is 2. The van der Waals surface area contributed by atoms with E-state index >= 15 is 0 Å². The topological polar surface area (TPSA) is 59.5 Å². The number of ketones is 1. The van der Waals surface area contributed by atoms with E-state index in [-0.39, 0.29) is 11.5 Å². The standard InChI is InChI=1S/C15H24N2O3S/c1-6-11(7-2)9-17(8-3)15-16-12(14(19)20-5)13(21-15)10(4)18/h11H,6-9H2,1-5H3. The number of carbonyl (C=O) groups is 2. The van der Waals surface area contributed by atoms with Crippen molar-refractivity contribution in [2.75, 3.05) is 25.1 Å². The minimum absolute atomic E-state index is 0.132. The lowest BCUT2D eigenvalue weighted by Gasteiger charge is -2.24. The van der Waals surface area contributed by atoms with Crippen LogP contribution < -0.4 is 4.90 Å². The summed E-state index contributed by atoms with van der Waals surface area (Å²) in [6.45, 7) is 9.52. The van der Waals surface area contributed by atoms with Gasteiger partial charge < -0.3 is 9.64 Å². The fraction of sp³-hybridized carbons (Fsp3) is 0.667. The molecular weight excluding hydrogens is 288 g/mol. The van der Waals surface area contributed by atoms with Gasteiger partial charge in [-0.1, -0.05) is 38.0 Å². The van der Waals surface area contributed by atoms with Gasteiger partial charge >= 0.3 is 5.97 Å². The van der Waals surface area contributed by atoms with Crippen LogP contribution in [0.2, 0.25) is 0 Å². The summed E-state index contributed by atoms with van der Waals surface area (Å²) in [6, 6.07) is 0. The van der Waals surface area contributed by atoms with Crippen LogP contribution in [0.3, 0.4) is 0 Å². The number of aromatic nitrogens is 1. The van der Waals surface area contributed by atoms with Crippen LogP contribution in [-0.4, -0.2) is 36.9 Å². The number of hydrogen-bond acceptors (Lipinski definition) is 6. The van der Waals surface area contributed by atoms with Gasteiger partial charge in [0.05, 0.1) is 7.11 Å². The Morgan fingerprint density at radius 1 is 1.29 bits per heavy atom. The molecule has 0 atom stereocenters. The zero-order valence-corrected chi connectivity index (χ0v) is 14.2. The SMILES string of the molecule is CCC(CC)CN(CC)c1nc(C(=O)OC)c(C(C)=O)s1. The molecule has 1 aromatic heterocycles. The highest BCUT2D eigenvalue weighted by molar-refractivity contribution is 7.17. The smallest absolute Gasteiger partial charge is 0.358 e. The number of nitrogens with zero attached hydrogens (tertiary/aromatic N) is 2. The Kier molecular flexibility index (Phi) is 6.81. The van der Waals surface area contributed by atoms with Crippen molar-refractivity contribution >= 4 is 28.2 Å². The number of thiazole rings is 1. The van der Waals surface area contributed by atoms with Crippen molar-refractivity contribution < 1.29 is 14.3 Å². The maximum Gasteiger partial charge on any atom is 0.358 e. The second-order valence-corrected chi connectivity index (χ2v) is 5.92. The fourth-order valence-corrected chi connectivity index (χ4v) is 3.14. The average molecular weight is 312 g/mol. The molecule has 0 aliphatic carbocycles. The molecule has 21 heavy (non-hydrogen) atoms. The van der Waals surface area contributed by atoms with Crippen LogP contribution in [0.5, 0.6) is 0 Å². The highest BCUT2D eigenvalue weighted by atomic mass is 32.1. The van der Waals surface area contributed by atoms with E-state index in [2.05, 4.69) is 30.7 Å². The van der Waals surface area contributed by atoms with Crippen LogP contribution in [0.4, 0.5) is 5.13 Å². The average Bonchev–Trinajstić information content (AvgIpc) is 2.93. The van der Waals surface area contributed by atoms with Gasteiger partial charge in [-0.2, -0.15) is 0 Å². The molecule has 0 amide bonds. The first-order valence-electron chi connectivity index (χ1n) is 7.33. The number of rotatable bonds is 8. The van der Waals surface area contributed by atoms with Crippen LogP contribution in [0.1, 0.15) is 60.7 Å². The molecule has 0 spiro atoms. The third-order valence-electron chi connectivity index (χ3n) is 3.60. The summed E-state index contributed by atoms with van der Waals surface area (Å²) in [5.41, 5.74) is 0.132. The number of ether oxygens (including phenoxy) is 1. The zero-order valence-electron chi connectivity index (χ0n) is 13.4. The van der Waals surface area contributed by atoms with Crippen molar-refractivity contribution in [3.63, 3.8) is 0 Å².